The smallest absolute Gasteiger partial charge is 0.191 e. The van der Waals surface area contributed by atoms with Crippen LogP contribution < -0.4 is 5.73 Å². The number of benzene rings is 1. The molecular formula is C14H21N3. The highest BCUT2D eigenvalue weighted by atomic mass is 15.3. The van der Waals surface area contributed by atoms with E-state index in [0.29, 0.717) is 18.5 Å². The average Bonchev–Trinajstić information content (AvgIpc) is 3.10. The number of nitrogens with two attached hydrogens (primary N) is 1. The second-order valence-corrected chi connectivity index (χ2v) is 4.95. The van der Waals surface area contributed by atoms with Crippen molar-refractivity contribution in [3.05, 3.63) is 34.9 Å². The summed E-state index contributed by atoms with van der Waals surface area (Å²) in [5.41, 5.74) is 9.79. The fourth-order valence-electron chi connectivity index (χ4n) is 1.95. The van der Waals surface area contributed by atoms with E-state index in [-0.39, 0.29) is 0 Å². The van der Waals surface area contributed by atoms with Crippen LogP contribution in [-0.4, -0.2) is 23.9 Å². The van der Waals surface area contributed by atoms with Crippen LogP contribution in [-0.2, 0) is 6.54 Å². The Morgan fingerprint density at radius 1 is 1.41 bits per heavy atom. The highest BCUT2D eigenvalue weighted by Crippen LogP contribution is 2.25. The maximum Gasteiger partial charge on any atom is 0.191 e. The summed E-state index contributed by atoms with van der Waals surface area (Å²) in [6.45, 7) is 4.91. The molecule has 3 nitrogen and oxygen atoms in total. The van der Waals surface area contributed by atoms with E-state index in [1.807, 2.05) is 7.05 Å². The lowest BCUT2D eigenvalue weighted by atomic mass is 10.1. The molecule has 0 bridgehead atoms. The van der Waals surface area contributed by atoms with Crippen molar-refractivity contribution in [2.24, 2.45) is 10.7 Å². The van der Waals surface area contributed by atoms with Crippen LogP contribution in [0.15, 0.2) is 23.2 Å². The van der Waals surface area contributed by atoms with Crippen LogP contribution in [0.5, 0.6) is 0 Å². The number of aliphatic imine (C=N–C) groups is 1. The van der Waals surface area contributed by atoms with Crippen molar-refractivity contribution in [2.75, 3.05) is 7.05 Å². The SMILES string of the molecule is Cc1ccc(CN=C(N)N(C)C2CC2)c(C)c1. The molecule has 2 rings (SSSR count). The van der Waals surface area contributed by atoms with Crippen molar-refractivity contribution in [3.63, 3.8) is 0 Å². The Bertz CT molecular complexity index is 433. The van der Waals surface area contributed by atoms with E-state index < -0.39 is 0 Å². The zero-order chi connectivity index (χ0) is 12.4. The zero-order valence-corrected chi connectivity index (χ0v) is 10.9. The summed E-state index contributed by atoms with van der Waals surface area (Å²) >= 11 is 0. The topological polar surface area (TPSA) is 41.6 Å². The summed E-state index contributed by atoms with van der Waals surface area (Å²) in [4.78, 5) is 6.55. The summed E-state index contributed by atoms with van der Waals surface area (Å²) in [7, 11) is 2.03. The van der Waals surface area contributed by atoms with Crippen LogP contribution in [0.1, 0.15) is 29.5 Å². The Kier molecular flexibility index (Phi) is 3.36. The fourth-order valence-corrected chi connectivity index (χ4v) is 1.95. The summed E-state index contributed by atoms with van der Waals surface area (Å²) in [6, 6.07) is 7.07. The van der Waals surface area contributed by atoms with Gasteiger partial charge in [-0.2, -0.15) is 0 Å². The van der Waals surface area contributed by atoms with Crippen molar-refractivity contribution in [1.29, 1.82) is 0 Å². The molecule has 0 aliphatic heterocycles. The van der Waals surface area contributed by atoms with Gasteiger partial charge < -0.3 is 10.6 Å². The molecule has 1 aliphatic carbocycles. The third-order valence-corrected chi connectivity index (χ3v) is 3.37. The minimum absolute atomic E-state index is 0.623. The molecular weight excluding hydrogens is 210 g/mol. The Morgan fingerprint density at radius 2 is 2.12 bits per heavy atom. The molecule has 1 aromatic rings. The third-order valence-electron chi connectivity index (χ3n) is 3.37. The van der Waals surface area contributed by atoms with Crippen molar-refractivity contribution in [3.8, 4) is 0 Å². The van der Waals surface area contributed by atoms with Gasteiger partial charge in [0.25, 0.3) is 0 Å². The highest BCUT2D eigenvalue weighted by Gasteiger charge is 2.27. The van der Waals surface area contributed by atoms with E-state index >= 15 is 0 Å². The summed E-state index contributed by atoms with van der Waals surface area (Å²) < 4.78 is 0. The Hall–Kier alpha value is -1.51. The zero-order valence-electron chi connectivity index (χ0n) is 10.9. The molecule has 0 saturated heterocycles. The van der Waals surface area contributed by atoms with Crippen LogP contribution in [0.25, 0.3) is 0 Å². The van der Waals surface area contributed by atoms with Crippen molar-refractivity contribution in [1.82, 2.24) is 4.90 Å². The molecule has 1 aliphatic rings. The number of nitrogens with zero attached hydrogens (tertiary/aromatic N) is 2. The number of hydrogen-bond donors (Lipinski definition) is 1. The molecule has 3 heteroatoms. The Balaban J connectivity index is 2.02. The van der Waals surface area contributed by atoms with E-state index in [1.54, 1.807) is 0 Å². The molecule has 0 amide bonds. The number of aryl methyl sites for hydroxylation is 2. The van der Waals surface area contributed by atoms with E-state index in [4.69, 9.17) is 5.73 Å². The minimum atomic E-state index is 0.623. The Labute approximate surface area is 103 Å². The van der Waals surface area contributed by atoms with E-state index in [2.05, 4.69) is 41.9 Å². The minimum Gasteiger partial charge on any atom is -0.370 e. The number of guanidine groups is 1. The van der Waals surface area contributed by atoms with Gasteiger partial charge >= 0.3 is 0 Å². The second-order valence-electron chi connectivity index (χ2n) is 4.95. The maximum absolute atomic E-state index is 5.96. The quantitative estimate of drug-likeness (QED) is 0.640. The first-order chi connectivity index (χ1) is 8.08. The molecule has 2 N–H and O–H groups in total. The van der Waals surface area contributed by atoms with E-state index in [9.17, 15) is 0 Å². The van der Waals surface area contributed by atoms with Crippen LogP contribution >= 0.6 is 0 Å². The molecule has 0 heterocycles. The van der Waals surface area contributed by atoms with Gasteiger partial charge in [0.2, 0.25) is 0 Å². The fraction of sp³-hybridized carbons (Fsp3) is 0.500. The molecule has 0 unspecified atom stereocenters. The van der Waals surface area contributed by atoms with Crippen LogP contribution in [0.3, 0.4) is 0 Å². The molecule has 1 saturated carbocycles. The van der Waals surface area contributed by atoms with Crippen molar-refractivity contribution >= 4 is 5.96 Å². The largest absolute Gasteiger partial charge is 0.370 e. The normalized spacial score (nSPS) is 16.1. The van der Waals surface area contributed by atoms with Gasteiger partial charge in [0.15, 0.2) is 5.96 Å². The van der Waals surface area contributed by atoms with Gasteiger partial charge in [0.1, 0.15) is 0 Å². The first kappa shape index (κ1) is 12.0. The summed E-state index contributed by atoms with van der Waals surface area (Å²) in [5.74, 6) is 0.660. The molecule has 0 spiro atoms. The third kappa shape index (κ3) is 2.99. The van der Waals surface area contributed by atoms with Gasteiger partial charge in [-0.05, 0) is 37.8 Å². The first-order valence-electron chi connectivity index (χ1n) is 6.17. The van der Waals surface area contributed by atoms with E-state index in [1.165, 1.54) is 29.5 Å². The van der Waals surface area contributed by atoms with Crippen molar-refractivity contribution in [2.45, 2.75) is 39.3 Å². The van der Waals surface area contributed by atoms with Gasteiger partial charge in [0.05, 0.1) is 6.54 Å². The van der Waals surface area contributed by atoms with E-state index in [0.717, 1.165) is 0 Å². The maximum atomic E-state index is 5.96. The molecule has 92 valence electrons. The van der Waals surface area contributed by atoms with Crippen LogP contribution in [0.2, 0.25) is 0 Å². The molecule has 0 radical (unpaired) electrons. The second kappa shape index (κ2) is 4.78. The van der Waals surface area contributed by atoms with Gasteiger partial charge in [-0.15, -0.1) is 0 Å². The van der Waals surface area contributed by atoms with Gasteiger partial charge in [-0.1, -0.05) is 23.8 Å². The lowest BCUT2D eigenvalue weighted by Gasteiger charge is -2.17. The van der Waals surface area contributed by atoms with Gasteiger partial charge in [-0.25, -0.2) is 4.99 Å². The van der Waals surface area contributed by atoms with Gasteiger partial charge in [-0.3, -0.25) is 0 Å². The molecule has 1 aromatic carbocycles. The van der Waals surface area contributed by atoms with Crippen LogP contribution in [0.4, 0.5) is 0 Å². The number of hydrogen-bond acceptors (Lipinski definition) is 1. The molecule has 0 aromatic heterocycles. The lowest BCUT2D eigenvalue weighted by molar-refractivity contribution is 0.487. The Morgan fingerprint density at radius 3 is 2.71 bits per heavy atom. The molecule has 17 heavy (non-hydrogen) atoms. The number of rotatable bonds is 3. The monoisotopic (exact) mass is 231 g/mol. The van der Waals surface area contributed by atoms with Gasteiger partial charge in [0, 0.05) is 13.1 Å². The lowest BCUT2D eigenvalue weighted by Crippen LogP contribution is -2.35. The summed E-state index contributed by atoms with van der Waals surface area (Å²) in [6.07, 6.45) is 2.49. The van der Waals surface area contributed by atoms with Crippen LogP contribution in [0, 0.1) is 13.8 Å². The highest BCUT2D eigenvalue weighted by molar-refractivity contribution is 5.78. The summed E-state index contributed by atoms with van der Waals surface area (Å²) in [5, 5.41) is 0. The predicted molar refractivity (Wildman–Crippen MR) is 72.0 cm³/mol. The molecule has 0 atom stereocenters. The van der Waals surface area contributed by atoms with Crippen molar-refractivity contribution < 1.29 is 0 Å². The predicted octanol–water partition coefficient (Wildman–Crippen LogP) is 2.21. The first-order valence-corrected chi connectivity index (χ1v) is 6.17. The standard InChI is InChI=1S/C14H21N3/c1-10-4-5-12(11(2)8-10)9-16-14(15)17(3)13-6-7-13/h4-5,8,13H,6-7,9H2,1-3H3,(H2,15,16). The molecule has 1 fully saturated rings. The average molecular weight is 231 g/mol.